The third-order valence-corrected chi connectivity index (χ3v) is 6.54. The monoisotopic (exact) mass is 508 g/mol. The smallest absolute Gasteiger partial charge is 0.388 e. The van der Waals surface area contributed by atoms with E-state index in [1.165, 1.54) is 70.6 Å². The second-order valence-electron chi connectivity index (χ2n) is 10.3. The quantitative estimate of drug-likeness (QED) is 0.0657. The molecule has 0 aromatic carbocycles. The first kappa shape index (κ1) is 33.7. The van der Waals surface area contributed by atoms with Gasteiger partial charge in [-0.25, -0.2) is 4.57 Å². The molecule has 0 radical (unpaired) electrons. The number of phosphoric acid groups is 1. The lowest BCUT2D eigenvalue weighted by Gasteiger charge is -2.24. The predicted octanol–water partition coefficient (Wildman–Crippen LogP) is 6.24. The van der Waals surface area contributed by atoms with Crippen molar-refractivity contribution in [3.63, 3.8) is 0 Å². The zero-order chi connectivity index (χ0) is 25.5. The Morgan fingerprint density at radius 3 is 1.85 bits per heavy atom. The summed E-state index contributed by atoms with van der Waals surface area (Å²) in [4.78, 5) is 9.63. The molecule has 0 fully saturated rings. The SMILES string of the molecule is CCCCCCCCCCCCC/C=C\CCCOC[C@@H](O)COP(=O)(O)OCC[N+](C)(C)C. The first-order valence-corrected chi connectivity index (χ1v) is 15.0. The molecule has 0 saturated heterocycles. The average molecular weight is 509 g/mol. The van der Waals surface area contributed by atoms with Gasteiger partial charge in [0.05, 0.1) is 34.4 Å². The molecule has 8 heteroatoms. The number of phosphoric ester groups is 1. The van der Waals surface area contributed by atoms with Crippen LogP contribution in [0.4, 0.5) is 0 Å². The van der Waals surface area contributed by atoms with Crippen molar-refractivity contribution in [1.29, 1.82) is 0 Å². The van der Waals surface area contributed by atoms with Crippen molar-refractivity contribution in [3.8, 4) is 0 Å². The lowest BCUT2D eigenvalue weighted by atomic mass is 10.1. The number of aliphatic hydroxyl groups excluding tert-OH is 1. The summed E-state index contributed by atoms with van der Waals surface area (Å²) in [7, 11) is 1.74. The van der Waals surface area contributed by atoms with Crippen LogP contribution < -0.4 is 0 Å². The molecule has 0 aliphatic carbocycles. The third-order valence-electron chi connectivity index (χ3n) is 5.56. The molecule has 1 unspecified atom stereocenters. The van der Waals surface area contributed by atoms with E-state index in [1.54, 1.807) is 0 Å². The highest BCUT2D eigenvalue weighted by atomic mass is 31.2. The maximum absolute atomic E-state index is 11.8. The van der Waals surface area contributed by atoms with Crippen LogP contribution in [-0.2, 0) is 18.3 Å². The van der Waals surface area contributed by atoms with Crippen molar-refractivity contribution in [3.05, 3.63) is 12.2 Å². The van der Waals surface area contributed by atoms with Gasteiger partial charge in [-0.2, -0.15) is 0 Å². The average Bonchev–Trinajstić information content (AvgIpc) is 2.76. The Morgan fingerprint density at radius 2 is 1.29 bits per heavy atom. The lowest BCUT2D eigenvalue weighted by Crippen LogP contribution is -2.37. The minimum atomic E-state index is -4.15. The number of allylic oxidation sites excluding steroid dienone is 2. The normalized spacial score (nSPS) is 15.1. The summed E-state index contributed by atoms with van der Waals surface area (Å²) >= 11 is 0. The summed E-state index contributed by atoms with van der Waals surface area (Å²) in [5.41, 5.74) is 0. The first-order chi connectivity index (χ1) is 16.2. The largest absolute Gasteiger partial charge is 0.472 e. The van der Waals surface area contributed by atoms with Gasteiger partial charge in [-0.05, 0) is 25.7 Å². The van der Waals surface area contributed by atoms with E-state index in [0.29, 0.717) is 17.6 Å². The molecule has 204 valence electrons. The van der Waals surface area contributed by atoms with Gasteiger partial charge in [0.25, 0.3) is 0 Å². The summed E-state index contributed by atoms with van der Waals surface area (Å²) in [6, 6.07) is 0. The number of likely N-dealkylation sites (N-methyl/N-ethyl adjacent to an activating group) is 1. The molecule has 0 amide bonds. The molecule has 0 spiro atoms. The maximum Gasteiger partial charge on any atom is 0.472 e. The number of unbranched alkanes of at least 4 members (excludes halogenated alkanes) is 12. The number of hydrogen-bond acceptors (Lipinski definition) is 5. The summed E-state index contributed by atoms with van der Waals surface area (Å²) in [6.07, 6.45) is 21.6. The zero-order valence-corrected chi connectivity index (χ0v) is 23.5. The zero-order valence-electron chi connectivity index (χ0n) is 22.6. The minimum Gasteiger partial charge on any atom is -0.388 e. The Morgan fingerprint density at radius 1 is 0.765 bits per heavy atom. The van der Waals surface area contributed by atoms with Crippen LogP contribution in [0.15, 0.2) is 12.2 Å². The van der Waals surface area contributed by atoms with Crippen LogP contribution in [0, 0.1) is 0 Å². The predicted molar refractivity (Wildman–Crippen MR) is 141 cm³/mol. The van der Waals surface area contributed by atoms with E-state index in [0.717, 1.165) is 19.3 Å². The lowest BCUT2D eigenvalue weighted by molar-refractivity contribution is -0.870. The highest BCUT2D eigenvalue weighted by molar-refractivity contribution is 7.47. The second-order valence-corrected chi connectivity index (χ2v) is 11.7. The molecular weight excluding hydrogens is 453 g/mol. The van der Waals surface area contributed by atoms with Crippen LogP contribution in [0.25, 0.3) is 0 Å². The number of ether oxygens (including phenoxy) is 1. The van der Waals surface area contributed by atoms with Gasteiger partial charge in [0, 0.05) is 6.61 Å². The van der Waals surface area contributed by atoms with E-state index in [-0.39, 0.29) is 19.8 Å². The van der Waals surface area contributed by atoms with Crippen molar-refractivity contribution < 1.29 is 32.8 Å². The van der Waals surface area contributed by atoms with Gasteiger partial charge in [-0.15, -0.1) is 0 Å². The fraction of sp³-hybridized carbons (Fsp3) is 0.923. The van der Waals surface area contributed by atoms with E-state index in [1.807, 2.05) is 21.1 Å². The molecule has 0 aliphatic rings. The van der Waals surface area contributed by atoms with E-state index >= 15 is 0 Å². The standard InChI is InChI=1S/C26H54NO6P/c1-5-6-7-8-9-10-11-12-13-14-15-16-17-18-19-20-22-31-24-26(28)25-33-34(29,30)32-23-21-27(2,3)4/h17-18,26,28H,5-16,19-25H2,1-4H3/p+1/b18-17-/t26-/m1/s1. The van der Waals surface area contributed by atoms with Crippen molar-refractivity contribution in [2.24, 2.45) is 0 Å². The van der Waals surface area contributed by atoms with E-state index < -0.39 is 13.9 Å². The van der Waals surface area contributed by atoms with Crippen molar-refractivity contribution >= 4 is 7.82 Å². The maximum atomic E-state index is 11.8. The topological polar surface area (TPSA) is 85.2 Å². The Hall–Kier alpha value is -0.270. The summed E-state index contributed by atoms with van der Waals surface area (Å²) < 4.78 is 27.6. The molecule has 2 N–H and O–H groups in total. The highest BCUT2D eigenvalue weighted by Crippen LogP contribution is 2.43. The molecule has 7 nitrogen and oxygen atoms in total. The molecule has 0 rings (SSSR count). The number of nitrogens with zero attached hydrogens (tertiary/aromatic N) is 1. The van der Waals surface area contributed by atoms with Gasteiger partial charge in [-0.1, -0.05) is 83.3 Å². The van der Waals surface area contributed by atoms with E-state index in [2.05, 4.69) is 19.1 Å². The van der Waals surface area contributed by atoms with Gasteiger partial charge in [0.15, 0.2) is 0 Å². The van der Waals surface area contributed by atoms with Gasteiger partial charge in [-0.3, -0.25) is 9.05 Å². The molecule has 0 bridgehead atoms. The summed E-state index contributed by atoms with van der Waals surface area (Å²) in [5.74, 6) is 0. The number of quaternary nitrogens is 1. The fourth-order valence-corrected chi connectivity index (χ4v) is 4.13. The molecule has 0 saturated carbocycles. The van der Waals surface area contributed by atoms with Crippen LogP contribution in [0.2, 0.25) is 0 Å². The minimum absolute atomic E-state index is 0.0708. The van der Waals surface area contributed by atoms with Crippen LogP contribution in [0.3, 0.4) is 0 Å². The van der Waals surface area contributed by atoms with E-state index in [4.69, 9.17) is 13.8 Å². The number of aliphatic hydroxyl groups is 1. The van der Waals surface area contributed by atoms with Gasteiger partial charge in [0.1, 0.15) is 19.3 Å². The van der Waals surface area contributed by atoms with Crippen molar-refractivity contribution in [1.82, 2.24) is 0 Å². The molecule has 0 heterocycles. The second kappa shape index (κ2) is 22.0. The molecule has 0 aromatic rings. The third kappa shape index (κ3) is 26.3. The summed E-state index contributed by atoms with van der Waals surface area (Å²) in [5, 5.41) is 9.85. The molecule has 0 aromatic heterocycles. The Labute approximate surface area is 210 Å². The molecule has 34 heavy (non-hydrogen) atoms. The van der Waals surface area contributed by atoms with Gasteiger partial charge in [0.2, 0.25) is 0 Å². The van der Waals surface area contributed by atoms with Crippen LogP contribution in [-0.4, -0.2) is 74.7 Å². The Balaban J connectivity index is 3.45. The Kier molecular flexibility index (Phi) is 21.8. The number of rotatable bonds is 25. The van der Waals surface area contributed by atoms with Gasteiger partial charge >= 0.3 is 7.82 Å². The summed E-state index contributed by atoms with van der Waals surface area (Å²) in [6.45, 7) is 3.27. The molecular formula is C26H55NO6P+. The van der Waals surface area contributed by atoms with Crippen LogP contribution >= 0.6 is 7.82 Å². The van der Waals surface area contributed by atoms with Crippen LogP contribution in [0.5, 0.6) is 0 Å². The Bertz CT molecular complexity index is 524. The van der Waals surface area contributed by atoms with Crippen LogP contribution in [0.1, 0.15) is 96.8 Å². The highest BCUT2D eigenvalue weighted by Gasteiger charge is 2.24. The van der Waals surface area contributed by atoms with E-state index in [9.17, 15) is 14.6 Å². The van der Waals surface area contributed by atoms with Crippen molar-refractivity contribution in [2.75, 3.05) is 54.1 Å². The molecule has 2 atom stereocenters. The fourth-order valence-electron chi connectivity index (χ4n) is 3.38. The number of hydrogen-bond donors (Lipinski definition) is 2. The van der Waals surface area contributed by atoms with Crippen molar-refractivity contribution in [2.45, 2.75) is 103 Å². The van der Waals surface area contributed by atoms with Gasteiger partial charge < -0.3 is 19.2 Å². The molecule has 0 aliphatic heterocycles. The first-order valence-electron chi connectivity index (χ1n) is 13.5.